The summed E-state index contributed by atoms with van der Waals surface area (Å²) in [5.74, 6) is -0.597. The number of hydrogen-bond acceptors (Lipinski definition) is 1. The first-order valence-electron chi connectivity index (χ1n) is 7.04. The molecule has 0 spiro atoms. The number of carbonyl (C=O) groups excluding carboxylic acids is 1. The van der Waals surface area contributed by atoms with E-state index in [1.807, 2.05) is 12.1 Å². The molecule has 5 heteroatoms. The lowest BCUT2D eigenvalue weighted by molar-refractivity contribution is -0.137. The molecule has 1 amide bonds. The molecule has 1 heterocycles. The zero-order chi connectivity index (χ0) is 15.7. The lowest BCUT2D eigenvalue weighted by atomic mass is 9.99. The van der Waals surface area contributed by atoms with Crippen molar-refractivity contribution in [1.82, 2.24) is 0 Å². The third kappa shape index (κ3) is 2.58. The van der Waals surface area contributed by atoms with Crippen LogP contribution in [0.1, 0.15) is 27.9 Å². The van der Waals surface area contributed by atoms with Crippen LogP contribution in [0.15, 0.2) is 48.5 Å². The van der Waals surface area contributed by atoms with E-state index in [2.05, 4.69) is 0 Å². The Balaban J connectivity index is 2.04. The Morgan fingerprint density at radius 2 is 1.68 bits per heavy atom. The highest BCUT2D eigenvalue weighted by Crippen LogP contribution is 2.34. The number of alkyl halides is 3. The molecule has 0 atom stereocenters. The summed E-state index contributed by atoms with van der Waals surface area (Å²) in [5, 5.41) is 0. The van der Waals surface area contributed by atoms with Crippen molar-refractivity contribution < 1.29 is 18.0 Å². The van der Waals surface area contributed by atoms with Crippen LogP contribution in [-0.2, 0) is 12.6 Å². The molecule has 0 fully saturated rings. The summed E-state index contributed by atoms with van der Waals surface area (Å²) < 4.78 is 39.3. The number of nitrogens with zero attached hydrogens (tertiary/aromatic N) is 1. The first kappa shape index (κ1) is 14.6. The molecule has 2 aromatic rings. The van der Waals surface area contributed by atoms with E-state index in [-0.39, 0.29) is 5.56 Å². The Morgan fingerprint density at radius 3 is 2.45 bits per heavy atom. The summed E-state index contributed by atoms with van der Waals surface area (Å²) in [6.45, 7) is 0.433. The Kier molecular flexibility index (Phi) is 3.64. The molecule has 0 bridgehead atoms. The van der Waals surface area contributed by atoms with Crippen molar-refractivity contribution in [3.8, 4) is 0 Å². The Morgan fingerprint density at radius 1 is 1.00 bits per heavy atom. The quantitative estimate of drug-likeness (QED) is 0.769. The van der Waals surface area contributed by atoms with Gasteiger partial charge in [-0.3, -0.25) is 4.79 Å². The summed E-state index contributed by atoms with van der Waals surface area (Å²) in [6.07, 6.45) is -2.96. The highest BCUT2D eigenvalue weighted by Gasteiger charge is 2.36. The zero-order valence-corrected chi connectivity index (χ0v) is 11.7. The summed E-state index contributed by atoms with van der Waals surface area (Å²) in [4.78, 5) is 14.1. The molecule has 2 nitrogen and oxygen atoms in total. The van der Waals surface area contributed by atoms with Gasteiger partial charge in [-0.25, -0.2) is 0 Å². The van der Waals surface area contributed by atoms with Crippen LogP contribution in [0.4, 0.5) is 18.9 Å². The van der Waals surface area contributed by atoms with Crippen molar-refractivity contribution in [3.63, 3.8) is 0 Å². The SMILES string of the molecule is O=C(c1ccccc1C(F)(F)F)N1CCCc2ccccc21. The van der Waals surface area contributed by atoms with E-state index in [0.717, 1.165) is 24.5 Å². The number of anilines is 1. The van der Waals surface area contributed by atoms with Gasteiger partial charge in [-0.05, 0) is 36.6 Å². The van der Waals surface area contributed by atoms with Crippen LogP contribution >= 0.6 is 0 Å². The lowest BCUT2D eigenvalue weighted by Crippen LogP contribution is -2.36. The van der Waals surface area contributed by atoms with Crippen LogP contribution in [0.3, 0.4) is 0 Å². The minimum atomic E-state index is -4.54. The number of benzene rings is 2. The monoisotopic (exact) mass is 305 g/mol. The molecule has 0 aliphatic carbocycles. The maximum atomic E-state index is 13.1. The largest absolute Gasteiger partial charge is 0.417 e. The Labute approximate surface area is 126 Å². The maximum absolute atomic E-state index is 13.1. The average molecular weight is 305 g/mol. The summed E-state index contributed by atoms with van der Waals surface area (Å²) in [6, 6.07) is 12.3. The fourth-order valence-corrected chi connectivity index (χ4v) is 2.81. The van der Waals surface area contributed by atoms with Crippen molar-refractivity contribution in [2.75, 3.05) is 11.4 Å². The van der Waals surface area contributed by atoms with Gasteiger partial charge in [0.1, 0.15) is 0 Å². The fraction of sp³-hybridized carbons (Fsp3) is 0.235. The Bertz CT molecular complexity index is 709. The van der Waals surface area contributed by atoms with Gasteiger partial charge in [-0.2, -0.15) is 13.2 Å². The van der Waals surface area contributed by atoms with E-state index in [1.165, 1.54) is 23.1 Å². The van der Waals surface area contributed by atoms with Gasteiger partial charge in [-0.15, -0.1) is 0 Å². The van der Waals surface area contributed by atoms with Crippen LogP contribution in [0.2, 0.25) is 0 Å². The number of amides is 1. The number of para-hydroxylation sites is 1. The predicted molar refractivity (Wildman–Crippen MR) is 77.9 cm³/mol. The van der Waals surface area contributed by atoms with Crippen LogP contribution < -0.4 is 4.90 Å². The number of halogens is 3. The van der Waals surface area contributed by atoms with Gasteiger partial charge < -0.3 is 4.90 Å². The molecule has 1 aliphatic heterocycles. The molecular weight excluding hydrogens is 291 g/mol. The van der Waals surface area contributed by atoms with E-state index < -0.39 is 17.6 Å². The van der Waals surface area contributed by atoms with E-state index in [9.17, 15) is 18.0 Å². The molecule has 0 unspecified atom stereocenters. The average Bonchev–Trinajstić information content (AvgIpc) is 2.53. The molecule has 3 rings (SSSR count). The third-order valence-corrected chi connectivity index (χ3v) is 3.82. The maximum Gasteiger partial charge on any atom is 0.417 e. The van der Waals surface area contributed by atoms with Gasteiger partial charge in [0.2, 0.25) is 0 Å². The minimum Gasteiger partial charge on any atom is -0.308 e. The highest BCUT2D eigenvalue weighted by atomic mass is 19.4. The normalized spacial score (nSPS) is 14.6. The van der Waals surface area contributed by atoms with Crippen LogP contribution in [0, 0.1) is 0 Å². The van der Waals surface area contributed by atoms with Gasteiger partial charge in [0.15, 0.2) is 0 Å². The van der Waals surface area contributed by atoms with E-state index in [1.54, 1.807) is 12.1 Å². The lowest BCUT2D eigenvalue weighted by Gasteiger charge is -2.30. The van der Waals surface area contributed by atoms with Crippen molar-refractivity contribution in [2.24, 2.45) is 0 Å². The molecule has 0 saturated heterocycles. The number of rotatable bonds is 1. The number of aryl methyl sites for hydroxylation is 1. The third-order valence-electron chi connectivity index (χ3n) is 3.82. The molecule has 1 aliphatic rings. The van der Waals surface area contributed by atoms with Gasteiger partial charge in [0, 0.05) is 12.2 Å². The van der Waals surface area contributed by atoms with Crippen LogP contribution in [0.5, 0.6) is 0 Å². The molecule has 2 aromatic carbocycles. The van der Waals surface area contributed by atoms with Crippen LogP contribution in [0.25, 0.3) is 0 Å². The standard InChI is InChI=1S/C17H14F3NO/c18-17(19,20)14-9-3-2-8-13(14)16(22)21-11-5-7-12-6-1-4-10-15(12)21/h1-4,6,8-10H,5,7,11H2. The molecule has 22 heavy (non-hydrogen) atoms. The molecule has 0 saturated carbocycles. The second-order valence-corrected chi connectivity index (χ2v) is 5.23. The minimum absolute atomic E-state index is 0.299. The topological polar surface area (TPSA) is 20.3 Å². The van der Waals surface area contributed by atoms with Gasteiger partial charge in [0.05, 0.1) is 11.1 Å². The molecular formula is C17H14F3NO. The van der Waals surface area contributed by atoms with E-state index in [4.69, 9.17) is 0 Å². The first-order chi connectivity index (χ1) is 10.5. The van der Waals surface area contributed by atoms with Crippen molar-refractivity contribution in [3.05, 3.63) is 65.2 Å². The summed E-state index contributed by atoms with van der Waals surface area (Å²) in [5.41, 5.74) is 0.511. The first-order valence-corrected chi connectivity index (χ1v) is 7.04. The van der Waals surface area contributed by atoms with E-state index >= 15 is 0 Å². The van der Waals surface area contributed by atoms with Crippen molar-refractivity contribution >= 4 is 11.6 Å². The van der Waals surface area contributed by atoms with Gasteiger partial charge in [0.25, 0.3) is 5.91 Å². The Hall–Kier alpha value is -2.30. The number of fused-ring (bicyclic) bond motifs is 1. The smallest absolute Gasteiger partial charge is 0.308 e. The number of hydrogen-bond donors (Lipinski definition) is 0. The van der Waals surface area contributed by atoms with Gasteiger partial charge >= 0.3 is 6.18 Å². The summed E-state index contributed by atoms with van der Waals surface area (Å²) >= 11 is 0. The van der Waals surface area contributed by atoms with E-state index in [0.29, 0.717) is 12.2 Å². The molecule has 0 radical (unpaired) electrons. The zero-order valence-electron chi connectivity index (χ0n) is 11.7. The summed E-state index contributed by atoms with van der Waals surface area (Å²) in [7, 11) is 0. The van der Waals surface area contributed by atoms with Crippen molar-refractivity contribution in [1.29, 1.82) is 0 Å². The molecule has 0 aromatic heterocycles. The van der Waals surface area contributed by atoms with Crippen molar-refractivity contribution in [2.45, 2.75) is 19.0 Å². The molecule has 114 valence electrons. The predicted octanol–water partition coefficient (Wildman–Crippen LogP) is 4.30. The van der Waals surface area contributed by atoms with Gasteiger partial charge in [-0.1, -0.05) is 30.3 Å². The second-order valence-electron chi connectivity index (χ2n) is 5.23. The highest BCUT2D eigenvalue weighted by molar-refractivity contribution is 6.07. The second kappa shape index (κ2) is 5.48. The molecule has 0 N–H and O–H groups in total. The number of carbonyl (C=O) groups is 1. The fourth-order valence-electron chi connectivity index (χ4n) is 2.81. The van der Waals surface area contributed by atoms with Crippen LogP contribution in [-0.4, -0.2) is 12.5 Å².